The molecule has 1 fully saturated rings. The minimum absolute atomic E-state index is 0.389. The molecule has 0 saturated carbocycles. The van der Waals surface area contributed by atoms with E-state index in [4.69, 9.17) is 14.7 Å². The molecule has 5 heteroatoms. The quantitative estimate of drug-likeness (QED) is 0.758. The van der Waals surface area contributed by atoms with Crippen molar-refractivity contribution in [1.29, 1.82) is 0 Å². The lowest BCUT2D eigenvalue weighted by molar-refractivity contribution is 0.178. The number of hydrogen-bond acceptors (Lipinski definition) is 5. The molecule has 150 valence electrons. The van der Waals surface area contributed by atoms with Gasteiger partial charge < -0.3 is 4.74 Å². The van der Waals surface area contributed by atoms with Crippen LogP contribution in [0.4, 0.5) is 0 Å². The van der Waals surface area contributed by atoms with Crippen LogP contribution in [0, 0.1) is 0 Å². The smallest absolute Gasteiger partial charge is 0.145 e. The van der Waals surface area contributed by atoms with Gasteiger partial charge in [-0.2, -0.15) is 0 Å². The number of para-hydroxylation sites is 1. The van der Waals surface area contributed by atoms with Crippen LogP contribution >= 0.6 is 0 Å². The number of rotatable bonds is 6. The molecule has 1 saturated heterocycles. The zero-order valence-electron chi connectivity index (χ0n) is 17.2. The van der Waals surface area contributed by atoms with Crippen LogP contribution < -0.4 is 4.74 Å². The number of likely N-dealkylation sites (tertiary alicyclic amines) is 1. The molecular formula is C23H32N4O. The Balaban J connectivity index is 1.44. The van der Waals surface area contributed by atoms with Crippen LogP contribution in [-0.4, -0.2) is 46.5 Å². The van der Waals surface area contributed by atoms with E-state index < -0.39 is 0 Å². The third-order valence-corrected chi connectivity index (χ3v) is 5.93. The Morgan fingerprint density at radius 3 is 2.93 bits per heavy atom. The molecule has 0 N–H and O–H groups in total. The maximum atomic E-state index is 5.93. The topological polar surface area (TPSA) is 41.5 Å². The molecule has 0 radical (unpaired) electrons. The highest BCUT2D eigenvalue weighted by Crippen LogP contribution is 2.29. The Labute approximate surface area is 168 Å². The number of fused-ring (bicyclic) bond motifs is 1. The summed E-state index contributed by atoms with van der Waals surface area (Å²) in [5.41, 5.74) is 3.79. The number of nitrogens with zero attached hydrogens (tertiary/aromatic N) is 4. The van der Waals surface area contributed by atoms with Gasteiger partial charge >= 0.3 is 0 Å². The molecule has 3 heterocycles. The predicted molar refractivity (Wildman–Crippen MR) is 111 cm³/mol. The average molecular weight is 381 g/mol. The monoisotopic (exact) mass is 380 g/mol. The SMILES string of the molecule is CCCOc1ccccc1CN1CCc2nc([C@@H]3CCCCN3C)ncc2C1. The predicted octanol–water partition coefficient (Wildman–Crippen LogP) is 3.98. The summed E-state index contributed by atoms with van der Waals surface area (Å²) in [7, 11) is 2.20. The van der Waals surface area contributed by atoms with E-state index >= 15 is 0 Å². The van der Waals surface area contributed by atoms with E-state index in [1.807, 2.05) is 0 Å². The lowest BCUT2D eigenvalue weighted by Crippen LogP contribution is -2.33. The summed E-state index contributed by atoms with van der Waals surface area (Å²) in [6.07, 6.45) is 7.85. The minimum Gasteiger partial charge on any atom is -0.493 e. The molecule has 2 aliphatic heterocycles. The van der Waals surface area contributed by atoms with Gasteiger partial charge in [-0.25, -0.2) is 9.97 Å². The maximum absolute atomic E-state index is 5.93. The van der Waals surface area contributed by atoms with Crippen LogP contribution in [0.1, 0.15) is 61.3 Å². The van der Waals surface area contributed by atoms with Crippen molar-refractivity contribution >= 4 is 0 Å². The second kappa shape index (κ2) is 9.01. The highest BCUT2D eigenvalue weighted by molar-refractivity contribution is 5.33. The van der Waals surface area contributed by atoms with Crippen molar-refractivity contribution in [3.05, 3.63) is 53.1 Å². The number of hydrogen-bond donors (Lipinski definition) is 0. The molecule has 0 bridgehead atoms. The van der Waals surface area contributed by atoms with Gasteiger partial charge in [0.05, 0.1) is 12.6 Å². The summed E-state index contributed by atoms with van der Waals surface area (Å²) >= 11 is 0. The summed E-state index contributed by atoms with van der Waals surface area (Å²) < 4.78 is 5.93. The first-order valence-corrected chi connectivity index (χ1v) is 10.7. The first-order chi connectivity index (χ1) is 13.7. The van der Waals surface area contributed by atoms with E-state index in [0.29, 0.717) is 6.04 Å². The van der Waals surface area contributed by atoms with Gasteiger partial charge in [0.2, 0.25) is 0 Å². The Hall–Kier alpha value is -1.98. The number of benzene rings is 1. The fraction of sp³-hybridized carbons (Fsp3) is 0.565. The van der Waals surface area contributed by atoms with Crippen LogP contribution in [0.5, 0.6) is 5.75 Å². The van der Waals surface area contributed by atoms with Crippen LogP contribution in [0.25, 0.3) is 0 Å². The van der Waals surface area contributed by atoms with E-state index in [0.717, 1.165) is 57.2 Å². The molecule has 2 aliphatic rings. The molecule has 2 aromatic rings. The van der Waals surface area contributed by atoms with Crippen molar-refractivity contribution in [3.63, 3.8) is 0 Å². The molecule has 28 heavy (non-hydrogen) atoms. The van der Waals surface area contributed by atoms with E-state index in [9.17, 15) is 0 Å². The van der Waals surface area contributed by atoms with Crippen LogP contribution in [0.2, 0.25) is 0 Å². The van der Waals surface area contributed by atoms with Crippen LogP contribution in [0.15, 0.2) is 30.5 Å². The lowest BCUT2D eigenvalue weighted by Gasteiger charge is -2.33. The van der Waals surface area contributed by atoms with Gasteiger partial charge in [0, 0.05) is 49.1 Å². The van der Waals surface area contributed by atoms with Crippen molar-refractivity contribution in [2.45, 2.75) is 58.2 Å². The first-order valence-electron chi connectivity index (χ1n) is 10.7. The largest absolute Gasteiger partial charge is 0.493 e. The summed E-state index contributed by atoms with van der Waals surface area (Å²) in [4.78, 5) is 14.6. The van der Waals surface area contributed by atoms with Crippen molar-refractivity contribution in [1.82, 2.24) is 19.8 Å². The molecule has 5 nitrogen and oxygen atoms in total. The fourth-order valence-electron chi connectivity index (χ4n) is 4.32. The normalized spacial score (nSPS) is 20.7. The zero-order chi connectivity index (χ0) is 19.3. The van der Waals surface area contributed by atoms with Crippen molar-refractivity contribution < 1.29 is 4.74 Å². The zero-order valence-corrected chi connectivity index (χ0v) is 17.2. The molecule has 4 rings (SSSR count). The number of piperidine rings is 1. The van der Waals surface area contributed by atoms with Gasteiger partial charge in [-0.1, -0.05) is 31.5 Å². The van der Waals surface area contributed by atoms with Gasteiger partial charge in [-0.15, -0.1) is 0 Å². The first kappa shape index (κ1) is 19.3. The summed E-state index contributed by atoms with van der Waals surface area (Å²) in [5.74, 6) is 2.04. The van der Waals surface area contributed by atoms with Crippen molar-refractivity contribution in [2.24, 2.45) is 0 Å². The van der Waals surface area contributed by atoms with Gasteiger partial charge in [-0.05, 0) is 38.9 Å². The van der Waals surface area contributed by atoms with Gasteiger partial charge in [0.1, 0.15) is 11.6 Å². The Morgan fingerprint density at radius 1 is 1.18 bits per heavy atom. The molecule has 0 amide bonds. The standard InChI is InChI=1S/C23H32N4O/c1-3-14-28-22-10-5-4-8-18(22)16-27-13-11-20-19(17-27)15-24-23(25-20)21-9-6-7-12-26(21)2/h4-5,8,10,15,21H,3,6-7,9,11-14,16-17H2,1-2H3/t21-/m0/s1. The van der Waals surface area contributed by atoms with Gasteiger partial charge in [0.25, 0.3) is 0 Å². The Bertz CT molecular complexity index is 794. The van der Waals surface area contributed by atoms with Crippen molar-refractivity contribution in [2.75, 3.05) is 26.7 Å². The Kier molecular flexibility index (Phi) is 6.23. The van der Waals surface area contributed by atoms with Crippen LogP contribution in [0.3, 0.4) is 0 Å². The van der Waals surface area contributed by atoms with Crippen LogP contribution in [-0.2, 0) is 19.5 Å². The van der Waals surface area contributed by atoms with E-state index in [-0.39, 0.29) is 0 Å². The third kappa shape index (κ3) is 4.36. The molecule has 0 spiro atoms. The molecule has 1 atom stereocenters. The summed E-state index contributed by atoms with van der Waals surface area (Å²) in [6, 6.07) is 8.80. The summed E-state index contributed by atoms with van der Waals surface area (Å²) in [6.45, 7) is 6.92. The second-order valence-corrected chi connectivity index (χ2v) is 8.11. The molecule has 1 aromatic heterocycles. The summed E-state index contributed by atoms with van der Waals surface area (Å²) in [5, 5.41) is 0. The van der Waals surface area contributed by atoms with Gasteiger partial charge in [0.15, 0.2) is 0 Å². The average Bonchev–Trinajstić information content (AvgIpc) is 2.73. The molecule has 1 aromatic carbocycles. The van der Waals surface area contributed by atoms with E-state index in [1.165, 1.54) is 36.1 Å². The highest BCUT2D eigenvalue weighted by Gasteiger charge is 2.25. The lowest BCUT2D eigenvalue weighted by atomic mass is 10.0. The third-order valence-electron chi connectivity index (χ3n) is 5.93. The molecule has 0 unspecified atom stereocenters. The van der Waals surface area contributed by atoms with E-state index in [2.05, 4.69) is 54.2 Å². The van der Waals surface area contributed by atoms with Crippen molar-refractivity contribution in [3.8, 4) is 5.75 Å². The Morgan fingerprint density at radius 2 is 2.07 bits per heavy atom. The second-order valence-electron chi connectivity index (χ2n) is 8.11. The highest BCUT2D eigenvalue weighted by atomic mass is 16.5. The molecule has 0 aliphatic carbocycles. The maximum Gasteiger partial charge on any atom is 0.145 e. The number of aromatic nitrogens is 2. The minimum atomic E-state index is 0.389. The molecular weight excluding hydrogens is 348 g/mol. The van der Waals surface area contributed by atoms with Gasteiger partial charge in [-0.3, -0.25) is 9.80 Å². The van der Waals surface area contributed by atoms with E-state index in [1.54, 1.807) is 0 Å². The number of ether oxygens (including phenoxy) is 1. The fourth-order valence-corrected chi connectivity index (χ4v) is 4.32.